The summed E-state index contributed by atoms with van der Waals surface area (Å²) in [5.41, 5.74) is 0.784. The van der Waals surface area contributed by atoms with Crippen LogP contribution in [0.5, 0.6) is 0 Å². The van der Waals surface area contributed by atoms with Crippen molar-refractivity contribution in [3.8, 4) is 12.3 Å². The van der Waals surface area contributed by atoms with E-state index in [-0.39, 0.29) is 13.0 Å². The van der Waals surface area contributed by atoms with Gasteiger partial charge in [-0.15, -0.1) is 6.42 Å². The van der Waals surface area contributed by atoms with E-state index in [2.05, 4.69) is 16.6 Å². The van der Waals surface area contributed by atoms with E-state index >= 15 is 0 Å². The highest BCUT2D eigenvalue weighted by atomic mass is 16.6. The first-order valence-electron chi connectivity index (χ1n) is 9.29. The maximum Gasteiger partial charge on any atom is 0.408 e. The lowest BCUT2D eigenvalue weighted by Gasteiger charge is -2.22. The van der Waals surface area contributed by atoms with Crippen LogP contribution in [0.15, 0.2) is 24.3 Å². The normalized spacial score (nSPS) is 11.7. The minimum absolute atomic E-state index is 0.0995. The molecule has 29 heavy (non-hydrogen) atoms. The number of unbranched alkanes of at least 4 members (excludes halogenated alkanes) is 1. The lowest BCUT2D eigenvalue weighted by Crippen LogP contribution is -2.43. The Labute approximate surface area is 171 Å². The fraction of sp³-hybridized carbons (Fsp3) is 0.476. The second kappa shape index (κ2) is 11.6. The van der Waals surface area contributed by atoms with Crippen molar-refractivity contribution in [1.82, 2.24) is 10.6 Å². The van der Waals surface area contributed by atoms with Crippen LogP contribution in [0.2, 0.25) is 0 Å². The van der Waals surface area contributed by atoms with Crippen molar-refractivity contribution in [2.75, 3.05) is 6.54 Å². The van der Waals surface area contributed by atoms with E-state index < -0.39 is 29.8 Å². The molecule has 0 aromatic heterocycles. The van der Waals surface area contributed by atoms with Crippen LogP contribution in [0, 0.1) is 12.3 Å². The van der Waals surface area contributed by atoms with Crippen LogP contribution >= 0.6 is 0 Å². The van der Waals surface area contributed by atoms with E-state index in [1.165, 1.54) is 0 Å². The Morgan fingerprint density at radius 3 is 2.55 bits per heavy atom. The highest BCUT2D eigenvalue weighted by molar-refractivity contribution is 5.79. The Morgan fingerprint density at radius 2 is 1.93 bits per heavy atom. The maximum absolute atomic E-state index is 11.7. The Balaban J connectivity index is 2.26. The fourth-order valence-electron chi connectivity index (χ4n) is 2.32. The van der Waals surface area contributed by atoms with E-state index in [1.54, 1.807) is 45.0 Å². The lowest BCUT2D eigenvalue weighted by molar-refractivity contribution is -0.139. The van der Waals surface area contributed by atoms with Crippen molar-refractivity contribution in [2.24, 2.45) is 0 Å². The van der Waals surface area contributed by atoms with E-state index in [0.29, 0.717) is 24.9 Å². The number of carboxylic acid groups (broad SMARTS) is 1. The van der Waals surface area contributed by atoms with Gasteiger partial charge < -0.3 is 25.2 Å². The number of hydrogen-bond acceptors (Lipinski definition) is 5. The molecule has 3 N–H and O–H groups in total. The molecule has 0 aliphatic heterocycles. The van der Waals surface area contributed by atoms with Gasteiger partial charge in [0.05, 0.1) is 0 Å². The van der Waals surface area contributed by atoms with Gasteiger partial charge in [0.25, 0.3) is 0 Å². The predicted octanol–water partition coefficient (Wildman–Crippen LogP) is 3.04. The van der Waals surface area contributed by atoms with Crippen LogP contribution < -0.4 is 10.6 Å². The Bertz CT molecular complexity index is 748. The molecule has 1 aromatic rings. The van der Waals surface area contributed by atoms with Crippen molar-refractivity contribution in [3.63, 3.8) is 0 Å². The zero-order valence-electron chi connectivity index (χ0n) is 17.0. The Kier molecular flexibility index (Phi) is 9.52. The first-order valence-corrected chi connectivity index (χ1v) is 9.29. The number of nitrogens with one attached hydrogen (secondary N) is 2. The van der Waals surface area contributed by atoms with Crippen molar-refractivity contribution in [2.45, 2.75) is 58.3 Å². The largest absolute Gasteiger partial charge is 0.480 e. The van der Waals surface area contributed by atoms with E-state index in [1.807, 2.05) is 0 Å². The van der Waals surface area contributed by atoms with Crippen LogP contribution in [0.1, 0.15) is 51.2 Å². The van der Waals surface area contributed by atoms with E-state index in [0.717, 1.165) is 5.56 Å². The lowest BCUT2D eigenvalue weighted by atomic mass is 10.1. The number of terminal acetylenes is 1. The molecule has 0 saturated heterocycles. The van der Waals surface area contributed by atoms with Crippen LogP contribution in [-0.2, 0) is 20.9 Å². The molecule has 0 bridgehead atoms. The van der Waals surface area contributed by atoms with Gasteiger partial charge in [-0.3, -0.25) is 0 Å². The zero-order valence-corrected chi connectivity index (χ0v) is 17.0. The van der Waals surface area contributed by atoms with Crippen LogP contribution in [0.3, 0.4) is 0 Å². The molecule has 0 aliphatic carbocycles. The molecular formula is C21H28N2O6. The number of benzene rings is 1. The molecule has 8 nitrogen and oxygen atoms in total. The topological polar surface area (TPSA) is 114 Å². The van der Waals surface area contributed by atoms with Crippen LogP contribution in [0.4, 0.5) is 9.59 Å². The SMILES string of the molecule is C#Cc1cccc(COC(=O)NCCCCC(NC(=O)OC(C)(C)C)C(=O)O)c1. The fourth-order valence-corrected chi connectivity index (χ4v) is 2.32. The molecule has 1 aromatic carbocycles. The first kappa shape index (κ1) is 23.8. The van der Waals surface area contributed by atoms with Gasteiger partial charge in [0.1, 0.15) is 18.2 Å². The summed E-state index contributed by atoms with van der Waals surface area (Å²) < 4.78 is 10.2. The average Bonchev–Trinajstić information content (AvgIpc) is 2.63. The molecule has 0 fully saturated rings. The van der Waals surface area contributed by atoms with E-state index in [4.69, 9.17) is 15.9 Å². The second-order valence-electron chi connectivity index (χ2n) is 7.38. The van der Waals surface area contributed by atoms with Crippen LogP contribution in [0.25, 0.3) is 0 Å². The molecule has 0 spiro atoms. The quantitative estimate of drug-likeness (QED) is 0.431. The number of ether oxygens (including phenoxy) is 2. The number of aliphatic carboxylic acids is 1. The zero-order chi connectivity index (χ0) is 21.9. The number of amides is 2. The van der Waals surface area contributed by atoms with Gasteiger partial charge in [0, 0.05) is 12.1 Å². The van der Waals surface area contributed by atoms with Gasteiger partial charge in [0.2, 0.25) is 0 Å². The van der Waals surface area contributed by atoms with E-state index in [9.17, 15) is 19.5 Å². The number of alkyl carbamates (subject to hydrolysis) is 2. The third kappa shape index (κ3) is 10.6. The minimum Gasteiger partial charge on any atom is -0.480 e. The molecular weight excluding hydrogens is 376 g/mol. The summed E-state index contributed by atoms with van der Waals surface area (Å²) in [7, 11) is 0. The molecule has 0 radical (unpaired) electrons. The number of carbonyl (C=O) groups excluding carboxylic acids is 2. The highest BCUT2D eigenvalue weighted by Gasteiger charge is 2.23. The number of carbonyl (C=O) groups is 3. The Morgan fingerprint density at radius 1 is 1.21 bits per heavy atom. The third-order valence-corrected chi connectivity index (χ3v) is 3.64. The van der Waals surface area contributed by atoms with Crippen molar-refractivity contribution in [3.05, 3.63) is 35.4 Å². The molecule has 2 amide bonds. The molecule has 0 aliphatic rings. The third-order valence-electron chi connectivity index (χ3n) is 3.64. The highest BCUT2D eigenvalue weighted by Crippen LogP contribution is 2.09. The summed E-state index contributed by atoms with van der Waals surface area (Å²) in [6.07, 6.45) is 5.20. The first-order chi connectivity index (χ1) is 13.6. The predicted molar refractivity (Wildman–Crippen MR) is 107 cm³/mol. The molecule has 1 atom stereocenters. The summed E-state index contributed by atoms with van der Waals surface area (Å²) in [6.45, 7) is 5.50. The molecule has 1 unspecified atom stereocenters. The van der Waals surface area contributed by atoms with Crippen molar-refractivity contribution >= 4 is 18.2 Å². The summed E-state index contributed by atoms with van der Waals surface area (Å²) in [4.78, 5) is 34.7. The number of hydrogen-bond donors (Lipinski definition) is 3. The molecule has 158 valence electrons. The minimum atomic E-state index is -1.14. The van der Waals surface area contributed by atoms with Gasteiger partial charge in [0.15, 0.2) is 0 Å². The number of carboxylic acids is 1. The van der Waals surface area contributed by atoms with Gasteiger partial charge in [-0.1, -0.05) is 18.1 Å². The van der Waals surface area contributed by atoms with Crippen molar-refractivity contribution < 1.29 is 29.0 Å². The number of rotatable bonds is 9. The average molecular weight is 404 g/mol. The smallest absolute Gasteiger partial charge is 0.408 e. The summed E-state index contributed by atoms with van der Waals surface area (Å²) >= 11 is 0. The van der Waals surface area contributed by atoms with Crippen molar-refractivity contribution in [1.29, 1.82) is 0 Å². The second-order valence-corrected chi connectivity index (χ2v) is 7.38. The summed E-state index contributed by atoms with van der Waals surface area (Å²) in [5.74, 6) is 1.37. The van der Waals surface area contributed by atoms with Gasteiger partial charge >= 0.3 is 18.2 Å². The molecule has 1 rings (SSSR count). The Hall–Kier alpha value is -3.21. The molecule has 0 saturated carbocycles. The van der Waals surface area contributed by atoms with Crippen LogP contribution in [-0.4, -0.2) is 41.4 Å². The monoisotopic (exact) mass is 404 g/mol. The van der Waals surface area contributed by atoms with Gasteiger partial charge in [-0.2, -0.15) is 0 Å². The standard InChI is InChI=1S/C21H28N2O6/c1-5-15-9-8-10-16(13-15)14-28-19(26)22-12-7-6-11-17(18(24)25)23-20(27)29-21(2,3)4/h1,8-10,13,17H,6-7,11-12,14H2,2-4H3,(H,22,26)(H,23,27)(H,24,25). The maximum atomic E-state index is 11.7. The molecule has 0 heterocycles. The van der Waals surface area contributed by atoms with Gasteiger partial charge in [-0.05, 0) is 57.7 Å². The summed E-state index contributed by atoms with van der Waals surface area (Å²) in [5, 5.41) is 14.1. The molecule has 8 heteroatoms. The van der Waals surface area contributed by atoms with Gasteiger partial charge in [-0.25, -0.2) is 14.4 Å². The summed E-state index contributed by atoms with van der Waals surface area (Å²) in [6, 6.07) is 6.08.